The molecular formula is C15H10FN3. The van der Waals surface area contributed by atoms with Crippen molar-refractivity contribution in [1.82, 2.24) is 0 Å². The quantitative estimate of drug-likeness (QED) is 0.909. The fourth-order valence-electron chi connectivity index (χ4n) is 1.65. The third kappa shape index (κ3) is 3.08. The molecule has 0 bridgehead atoms. The lowest BCUT2D eigenvalue weighted by molar-refractivity contribution is 0.628. The maximum Gasteiger partial charge on any atom is 0.140 e. The summed E-state index contributed by atoms with van der Waals surface area (Å²) >= 11 is 0. The average molecular weight is 251 g/mol. The maximum absolute atomic E-state index is 12.8. The van der Waals surface area contributed by atoms with E-state index in [4.69, 9.17) is 5.26 Å². The maximum atomic E-state index is 12.8. The molecule has 0 heterocycles. The summed E-state index contributed by atoms with van der Waals surface area (Å²) in [6.45, 7) is 0. The third-order valence-electron chi connectivity index (χ3n) is 2.66. The van der Waals surface area contributed by atoms with E-state index in [-0.39, 0.29) is 5.82 Å². The molecule has 4 heteroatoms. The largest absolute Gasteiger partial charge is 0.366 e. The van der Waals surface area contributed by atoms with Gasteiger partial charge in [-0.05, 0) is 42.0 Å². The van der Waals surface area contributed by atoms with Crippen LogP contribution in [-0.4, -0.2) is 0 Å². The first kappa shape index (κ1) is 12.6. The summed E-state index contributed by atoms with van der Waals surface area (Å²) in [5.41, 5.74) is 1.96. The van der Waals surface area contributed by atoms with Crippen molar-refractivity contribution in [2.45, 2.75) is 6.04 Å². The molecule has 2 rings (SSSR count). The molecule has 1 atom stereocenters. The van der Waals surface area contributed by atoms with Gasteiger partial charge >= 0.3 is 0 Å². The second-order valence-electron chi connectivity index (χ2n) is 3.95. The van der Waals surface area contributed by atoms with Crippen molar-refractivity contribution in [3.05, 3.63) is 65.5 Å². The number of anilines is 1. The molecule has 0 fully saturated rings. The molecule has 0 radical (unpaired) electrons. The average Bonchev–Trinajstić information content (AvgIpc) is 2.47. The highest BCUT2D eigenvalue weighted by molar-refractivity contribution is 5.48. The standard InChI is InChI=1S/C15H10FN3/c16-13-5-7-14(8-6-13)19-15(10-18)12-3-1-11(9-17)2-4-12/h1-8,15,19H. The summed E-state index contributed by atoms with van der Waals surface area (Å²) in [7, 11) is 0. The van der Waals surface area contributed by atoms with E-state index in [0.29, 0.717) is 11.3 Å². The Morgan fingerprint density at radius 3 is 2.11 bits per heavy atom. The second-order valence-corrected chi connectivity index (χ2v) is 3.95. The SMILES string of the molecule is N#Cc1ccc(C(C#N)Nc2ccc(F)cc2)cc1. The van der Waals surface area contributed by atoms with Gasteiger partial charge in [0.1, 0.15) is 11.9 Å². The van der Waals surface area contributed by atoms with E-state index in [1.54, 1.807) is 36.4 Å². The smallest absolute Gasteiger partial charge is 0.140 e. The molecule has 0 saturated carbocycles. The van der Waals surface area contributed by atoms with Crippen LogP contribution < -0.4 is 5.32 Å². The molecule has 0 aliphatic carbocycles. The Labute approximate surface area is 110 Å². The second kappa shape index (κ2) is 5.66. The molecule has 1 unspecified atom stereocenters. The van der Waals surface area contributed by atoms with Gasteiger partial charge in [-0.2, -0.15) is 10.5 Å². The summed E-state index contributed by atoms with van der Waals surface area (Å²) in [5, 5.41) is 20.9. The van der Waals surface area contributed by atoms with Crippen LogP contribution in [0.5, 0.6) is 0 Å². The Hall–Kier alpha value is -2.85. The minimum atomic E-state index is -0.543. The Morgan fingerprint density at radius 1 is 0.947 bits per heavy atom. The van der Waals surface area contributed by atoms with Crippen LogP contribution in [0.1, 0.15) is 17.2 Å². The van der Waals surface area contributed by atoms with Gasteiger partial charge in [0.25, 0.3) is 0 Å². The normalized spacial score (nSPS) is 11.1. The zero-order valence-corrected chi connectivity index (χ0v) is 9.97. The molecule has 3 nitrogen and oxygen atoms in total. The van der Waals surface area contributed by atoms with Crippen LogP contribution >= 0.6 is 0 Å². The van der Waals surface area contributed by atoms with Gasteiger partial charge in [-0.1, -0.05) is 12.1 Å². The molecule has 0 aromatic heterocycles. The number of nitriles is 2. The number of nitrogens with one attached hydrogen (secondary N) is 1. The first-order valence-electron chi connectivity index (χ1n) is 5.64. The minimum absolute atomic E-state index is 0.322. The summed E-state index contributed by atoms with van der Waals surface area (Å²) < 4.78 is 12.8. The van der Waals surface area contributed by atoms with E-state index >= 15 is 0 Å². The van der Waals surface area contributed by atoms with Crippen LogP contribution in [0.4, 0.5) is 10.1 Å². The van der Waals surface area contributed by atoms with Crippen LogP contribution in [0, 0.1) is 28.5 Å². The molecule has 92 valence electrons. The lowest BCUT2D eigenvalue weighted by Crippen LogP contribution is -2.08. The van der Waals surface area contributed by atoms with E-state index in [1.165, 1.54) is 12.1 Å². The molecule has 2 aromatic rings. The predicted octanol–water partition coefficient (Wildman–Crippen LogP) is 3.37. The van der Waals surface area contributed by atoms with Gasteiger partial charge in [0.2, 0.25) is 0 Å². The van der Waals surface area contributed by atoms with Gasteiger partial charge in [-0.25, -0.2) is 4.39 Å². The molecule has 0 amide bonds. The van der Waals surface area contributed by atoms with Crippen LogP contribution in [0.3, 0.4) is 0 Å². The molecule has 0 saturated heterocycles. The number of benzene rings is 2. The van der Waals surface area contributed by atoms with Crippen LogP contribution in [0.15, 0.2) is 48.5 Å². The van der Waals surface area contributed by atoms with Crippen molar-refractivity contribution in [3.8, 4) is 12.1 Å². The highest BCUT2D eigenvalue weighted by atomic mass is 19.1. The van der Waals surface area contributed by atoms with Crippen molar-refractivity contribution in [1.29, 1.82) is 10.5 Å². The molecule has 1 N–H and O–H groups in total. The number of hydrogen-bond acceptors (Lipinski definition) is 3. The Morgan fingerprint density at radius 2 is 1.58 bits per heavy atom. The van der Waals surface area contributed by atoms with E-state index in [0.717, 1.165) is 5.56 Å². The predicted molar refractivity (Wildman–Crippen MR) is 69.5 cm³/mol. The van der Waals surface area contributed by atoms with Gasteiger partial charge < -0.3 is 5.32 Å². The molecule has 0 aliphatic heterocycles. The molecule has 0 aliphatic rings. The van der Waals surface area contributed by atoms with Gasteiger partial charge in [0, 0.05) is 5.69 Å². The first-order valence-corrected chi connectivity index (χ1v) is 5.64. The number of hydrogen-bond donors (Lipinski definition) is 1. The molecule has 2 aromatic carbocycles. The highest BCUT2D eigenvalue weighted by Gasteiger charge is 2.10. The fourth-order valence-corrected chi connectivity index (χ4v) is 1.65. The van der Waals surface area contributed by atoms with E-state index in [1.807, 2.05) is 6.07 Å². The van der Waals surface area contributed by atoms with Crippen LogP contribution in [0.2, 0.25) is 0 Å². The van der Waals surface area contributed by atoms with E-state index < -0.39 is 6.04 Å². The van der Waals surface area contributed by atoms with Crippen LogP contribution in [-0.2, 0) is 0 Å². The fraction of sp³-hybridized carbons (Fsp3) is 0.0667. The molecule has 19 heavy (non-hydrogen) atoms. The summed E-state index contributed by atoms with van der Waals surface area (Å²) in [4.78, 5) is 0. The van der Waals surface area contributed by atoms with Gasteiger partial charge in [-0.3, -0.25) is 0 Å². The van der Waals surface area contributed by atoms with Crippen molar-refractivity contribution in [3.63, 3.8) is 0 Å². The number of nitrogens with zero attached hydrogens (tertiary/aromatic N) is 2. The van der Waals surface area contributed by atoms with Crippen molar-refractivity contribution in [2.75, 3.05) is 5.32 Å². The Balaban J connectivity index is 2.18. The Kier molecular flexibility index (Phi) is 3.75. The lowest BCUT2D eigenvalue weighted by Gasteiger charge is -2.13. The van der Waals surface area contributed by atoms with E-state index in [9.17, 15) is 9.65 Å². The first-order chi connectivity index (χ1) is 9.22. The summed E-state index contributed by atoms with van der Waals surface area (Å²) in [6, 6.07) is 16.2. The van der Waals surface area contributed by atoms with Gasteiger partial charge in [-0.15, -0.1) is 0 Å². The number of halogens is 1. The summed E-state index contributed by atoms with van der Waals surface area (Å²) in [5.74, 6) is -0.322. The highest BCUT2D eigenvalue weighted by Crippen LogP contribution is 2.19. The van der Waals surface area contributed by atoms with Crippen molar-refractivity contribution in [2.24, 2.45) is 0 Å². The topological polar surface area (TPSA) is 59.6 Å². The zero-order chi connectivity index (χ0) is 13.7. The minimum Gasteiger partial charge on any atom is -0.366 e. The number of rotatable bonds is 3. The van der Waals surface area contributed by atoms with Crippen LogP contribution in [0.25, 0.3) is 0 Å². The van der Waals surface area contributed by atoms with Gasteiger partial charge in [0.15, 0.2) is 0 Å². The lowest BCUT2D eigenvalue weighted by atomic mass is 10.1. The van der Waals surface area contributed by atoms with Gasteiger partial charge in [0.05, 0.1) is 17.7 Å². The van der Waals surface area contributed by atoms with Crippen molar-refractivity contribution >= 4 is 5.69 Å². The monoisotopic (exact) mass is 251 g/mol. The Bertz CT molecular complexity index is 633. The zero-order valence-electron chi connectivity index (χ0n) is 9.97. The van der Waals surface area contributed by atoms with E-state index in [2.05, 4.69) is 11.4 Å². The summed E-state index contributed by atoms with van der Waals surface area (Å²) in [6.07, 6.45) is 0. The molecule has 0 spiro atoms. The molecular weight excluding hydrogens is 241 g/mol. The van der Waals surface area contributed by atoms with Crippen molar-refractivity contribution < 1.29 is 4.39 Å². The third-order valence-corrected chi connectivity index (χ3v) is 2.66.